The molecule has 0 aliphatic carbocycles. The Morgan fingerprint density at radius 3 is 2.62 bits per heavy atom. The molecule has 1 N–H and O–H groups in total. The molecule has 6 aromatic rings. The Balaban J connectivity index is 1.31. The van der Waals surface area contributed by atoms with Crippen molar-refractivity contribution in [2.24, 2.45) is 13.0 Å². The summed E-state index contributed by atoms with van der Waals surface area (Å²) in [6, 6.07) is 18.8. The van der Waals surface area contributed by atoms with Crippen LogP contribution in [0.3, 0.4) is 0 Å². The van der Waals surface area contributed by atoms with Crippen molar-refractivity contribution in [2.75, 3.05) is 5.32 Å². The normalized spacial score (nSPS) is 16.8. The van der Waals surface area contributed by atoms with Gasteiger partial charge in [0.1, 0.15) is 0 Å². The van der Waals surface area contributed by atoms with Crippen molar-refractivity contribution in [1.82, 2.24) is 29.3 Å². The van der Waals surface area contributed by atoms with E-state index >= 15 is 0 Å². The van der Waals surface area contributed by atoms with Gasteiger partial charge in [0.25, 0.3) is 5.56 Å². The minimum Gasteiger partial charge on any atom is -0.323 e. The standard InChI is InChI=1S/C35H30ClN7O2/c1-21-4-3-5-32(30-15-24(11-13-38-30)34-31(41-35(21)45)19-40-42(34)2)43-20-39-29(17-33(43)44)28-16-26(36)8-9-27(28)23-7-6-22-10-12-37-18-25(22)14-23/h6-21,32H,3-5H2,1-2H3,(H,41,45). The van der Waals surface area contributed by atoms with Gasteiger partial charge in [-0.3, -0.25) is 28.8 Å². The zero-order valence-electron chi connectivity index (χ0n) is 24.8. The van der Waals surface area contributed by atoms with E-state index in [2.05, 4.69) is 33.6 Å². The summed E-state index contributed by atoms with van der Waals surface area (Å²) < 4.78 is 3.37. The number of carbonyl (C=O) groups excluding carboxylic acids is 1. The number of aryl methyl sites for hydroxylation is 1. The summed E-state index contributed by atoms with van der Waals surface area (Å²) in [5, 5.41) is 10.1. The van der Waals surface area contributed by atoms with Gasteiger partial charge >= 0.3 is 0 Å². The molecule has 7 rings (SSSR count). The van der Waals surface area contributed by atoms with Crippen LogP contribution in [0.15, 0.2) is 96.6 Å². The van der Waals surface area contributed by atoms with E-state index in [1.807, 2.05) is 56.6 Å². The molecule has 1 aliphatic rings. The number of carbonyl (C=O) groups is 1. The van der Waals surface area contributed by atoms with Crippen LogP contribution in [-0.4, -0.2) is 35.2 Å². The van der Waals surface area contributed by atoms with Gasteiger partial charge in [-0.15, -0.1) is 0 Å². The highest BCUT2D eigenvalue weighted by atomic mass is 35.5. The first-order valence-corrected chi connectivity index (χ1v) is 15.2. The molecule has 0 fully saturated rings. The molecule has 2 atom stereocenters. The van der Waals surface area contributed by atoms with E-state index in [0.717, 1.165) is 44.4 Å². The Morgan fingerprint density at radius 2 is 1.76 bits per heavy atom. The van der Waals surface area contributed by atoms with Gasteiger partial charge in [0.15, 0.2) is 0 Å². The third-order valence-corrected chi connectivity index (χ3v) is 8.77. The van der Waals surface area contributed by atoms with Crippen LogP contribution in [0.2, 0.25) is 5.02 Å². The van der Waals surface area contributed by atoms with Gasteiger partial charge in [-0.1, -0.05) is 43.1 Å². The summed E-state index contributed by atoms with van der Waals surface area (Å²) in [6.07, 6.45) is 10.6. The Hall–Kier alpha value is -5.15. The fraction of sp³-hybridized carbons (Fsp3) is 0.200. The van der Waals surface area contributed by atoms with Crippen molar-refractivity contribution in [3.63, 3.8) is 0 Å². The summed E-state index contributed by atoms with van der Waals surface area (Å²) in [7, 11) is 1.84. The molecule has 5 heterocycles. The van der Waals surface area contributed by atoms with Gasteiger partial charge in [0, 0.05) is 59.2 Å². The topological polar surface area (TPSA) is 108 Å². The minimum absolute atomic E-state index is 0.0566. The van der Waals surface area contributed by atoms with Crippen LogP contribution in [0.1, 0.15) is 37.9 Å². The van der Waals surface area contributed by atoms with Gasteiger partial charge in [0.05, 0.1) is 41.3 Å². The van der Waals surface area contributed by atoms with Gasteiger partial charge in [-0.25, -0.2) is 4.98 Å². The molecule has 1 amide bonds. The second-order valence-electron chi connectivity index (χ2n) is 11.5. The third kappa shape index (κ3) is 5.51. The molecule has 2 bridgehead atoms. The number of nitrogens with one attached hydrogen (secondary N) is 1. The van der Waals surface area contributed by atoms with Crippen LogP contribution in [0.5, 0.6) is 0 Å². The fourth-order valence-corrected chi connectivity index (χ4v) is 6.28. The summed E-state index contributed by atoms with van der Waals surface area (Å²) in [5.41, 5.74) is 5.98. The van der Waals surface area contributed by atoms with Crippen LogP contribution in [0, 0.1) is 5.92 Å². The number of pyridine rings is 2. The SMILES string of the molecule is CC1CCCC(n2cnc(-c3cc(Cl)ccc3-c3ccc4ccncc4c3)cc2=O)c2cc(ccn2)-c2c(cnn2C)NC1=O. The average Bonchev–Trinajstić information content (AvgIpc) is 3.41. The van der Waals surface area contributed by atoms with Gasteiger partial charge < -0.3 is 5.32 Å². The molecule has 0 radical (unpaired) electrons. The molecular formula is C35H30ClN7O2. The van der Waals surface area contributed by atoms with Crippen LogP contribution in [0.4, 0.5) is 5.69 Å². The first-order valence-electron chi connectivity index (χ1n) is 14.9. The molecular weight excluding hydrogens is 586 g/mol. The van der Waals surface area contributed by atoms with Crippen LogP contribution >= 0.6 is 11.6 Å². The van der Waals surface area contributed by atoms with Crippen LogP contribution in [0.25, 0.3) is 44.4 Å². The number of aromatic nitrogens is 6. The quantitative estimate of drug-likeness (QED) is 0.231. The highest BCUT2D eigenvalue weighted by molar-refractivity contribution is 6.31. The van der Waals surface area contributed by atoms with E-state index in [1.165, 1.54) is 0 Å². The van der Waals surface area contributed by atoms with Gasteiger partial charge in [-0.2, -0.15) is 5.10 Å². The van der Waals surface area contributed by atoms with Crippen molar-refractivity contribution in [3.8, 4) is 33.6 Å². The number of fused-ring (bicyclic) bond motifs is 5. The molecule has 10 heteroatoms. The lowest BCUT2D eigenvalue weighted by Crippen LogP contribution is -2.27. The molecule has 2 aromatic carbocycles. The number of anilines is 1. The zero-order valence-corrected chi connectivity index (χ0v) is 25.6. The largest absolute Gasteiger partial charge is 0.323 e. The van der Waals surface area contributed by atoms with Crippen molar-refractivity contribution in [1.29, 1.82) is 0 Å². The second-order valence-corrected chi connectivity index (χ2v) is 11.9. The number of nitrogens with zero attached hydrogens (tertiary/aromatic N) is 6. The van der Waals surface area contributed by atoms with Crippen molar-refractivity contribution < 1.29 is 4.79 Å². The van der Waals surface area contributed by atoms with Crippen molar-refractivity contribution in [3.05, 3.63) is 113 Å². The second kappa shape index (κ2) is 11.7. The molecule has 2 unspecified atom stereocenters. The first-order chi connectivity index (χ1) is 21.9. The summed E-state index contributed by atoms with van der Waals surface area (Å²) in [6.45, 7) is 1.92. The maximum absolute atomic E-state index is 13.9. The average molecular weight is 616 g/mol. The number of rotatable bonds is 3. The summed E-state index contributed by atoms with van der Waals surface area (Å²) in [4.78, 5) is 40.6. The van der Waals surface area contributed by atoms with Crippen LogP contribution < -0.4 is 10.9 Å². The Morgan fingerprint density at radius 1 is 0.867 bits per heavy atom. The van der Waals surface area contributed by atoms with Crippen molar-refractivity contribution >= 4 is 34.0 Å². The predicted octanol–water partition coefficient (Wildman–Crippen LogP) is 6.92. The highest BCUT2D eigenvalue weighted by Crippen LogP contribution is 2.35. The maximum Gasteiger partial charge on any atom is 0.254 e. The number of hydrogen-bond acceptors (Lipinski definition) is 6. The molecule has 224 valence electrons. The smallest absolute Gasteiger partial charge is 0.254 e. The molecule has 45 heavy (non-hydrogen) atoms. The maximum atomic E-state index is 13.9. The number of amides is 1. The molecule has 1 aliphatic heterocycles. The fourth-order valence-electron chi connectivity index (χ4n) is 6.11. The van der Waals surface area contributed by atoms with Gasteiger partial charge in [-0.05, 0) is 65.8 Å². The molecule has 9 nitrogen and oxygen atoms in total. The Labute approximate surface area is 264 Å². The molecule has 0 saturated carbocycles. The van der Waals surface area contributed by atoms with E-state index < -0.39 is 0 Å². The lowest BCUT2D eigenvalue weighted by atomic mass is 9.95. The monoisotopic (exact) mass is 615 g/mol. The highest BCUT2D eigenvalue weighted by Gasteiger charge is 2.24. The molecule has 0 saturated heterocycles. The van der Waals surface area contributed by atoms with E-state index in [9.17, 15) is 9.59 Å². The lowest BCUT2D eigenvalue weighted by Gasteiger charge is -2.22. The third-order valence-electron chi connectivity index (χ3n) is 8.54. The van der Waals surface area contributed by atoms with E-state index in [1.54, 1.807) is 40.2 Å². The Kier molecular flexibility index (Phi) is 7.47. The van der Waals surface area contributed by atoms with E-state index in [-0.39, 0.29) is 23.4 Å². The minimum atomic E-state index is -0.378. The molecule has 4 aromatic heterocycles. The number of halogens is 1. The zero-order chi connectivity index (χ0) is 31.1. The summed E-state index contributed by atoms with van der Waals surface area (Å²) >= 11 is 6.46. The predicted molar refractivity (Wildman–Crippen MR) is 176 cm³/mol. The number of benzene rings is 2. The Bertz CT molecular complexity index is 2140. The molecule has 0 spiro atoms. The van der Waals surface area contributed by atoms with E-state index in [4.69, 9.17) is 21.6 Å². The van der Waals surface area contributed by atoms with Gasteiger partial charge in [0.2, 0.25) is 5.91 Å². The number of hydrogen-bond donors (Lipinski definition) is 1. The first kappa shape index (κ1) is 28.6. The van der Waals surface area contributed by atoms with E-state index in [0.29, 0.717) is 35.7 Å². The van der Waals surface area contributed by atoms with Crippen LogP contribution in [-0.2, 0) is 11.8 Å². The summed E-state index contributed by atoms with van der Waals surface area (Å²) in [5.74, 6) is -0.271. The van der Waals surface area contributed by atoms with Crippen molar-refractivity contribution in [2.45, 2.75) is 32.2 Å². The lowest BCUT2D eigenvalue weighted by molar-refractivity contribution is -0.119.